The second-order valence-corrected chi connectivity index (χ2v) is 12.5. The fourth-order valence-corrected chi connectivity index (χ4v) is 7.09. The van der Waals surface area contributed by atoms with Crippen LogP contribution in [-0.2, 0) is 5.41 Å². The molecule has 1 aliphatic carbocycles. The summed E-state index contributed by atoms with van der Waals surface area (Å²) < 4.78 is 6.37. The molecule has 0 fully saturated rings. The second kappa shape index (κ2) is 10.3. The van der Waals surface area contributed by atoms with E-state index in [0.717, 1.165) is 44.5 Å². The van der Waals surface area contributed by atoms with Crippen molar-refractivity contribution in [2.75, 3.05) is 0 Å². The van der Waals surface area contributed by atoms with Crippen LogP contribution in [0.25, 0.3) is 61.0 Å². The SMILES string of the molecule is C=C(N=C(C)c1ccc(-c2ccccc2)cc1)c1cccc2oc3ccc(-c4cccc5c4-c4ccccc4C5(C)C)cc3c12. The monoisotopic (exact) mass is 579 g/mol. The molecular weight excluding hydrogens is 546 g/mol. The number of benzene rings is 6. The second-order valence-electron chi connectivity index (χ2n) is 12.5. The summed E-state index contributed by atoms with van der Waals surface area (Å²) in [6, 6.07) is 47.2. The van der Waals surface area contributed by atoms with Crippen molar-refractivity contribution in [1.29, 1.82) is 0 Å². The minimum Gasteiger partial charge on any atom is -0.456 e. The van der Waals surface area contributed by atoms with Crippen LogP contribution in [0.5, 0.6) is 0 Å². The molecule has 45 heavy (non-hydrogen) atoms. The molecule has 1 heterocycles. The normalized spacial score (nSPS) is 13.6. The van der Waals surface area contributed by atoms with Gasteiger partial charge in [-0.2, -0.15) is 0 Å². The molecule has 216 valence electrons. The van der Waals surface area contributed by atoms with Crippen LogP contribution in [0.1, 0.15) is 43.0 Å². The van der Waals surface area contributed by atoms with Gasteiger partial charge in [-0.15, -0.1) is 0 Å². The molecule has 6 aromatic carbocycles. The number of fused-ring (bicyclic) bond motifs is 6. The number of furan rings is 1. The summed E-state index contributed by atoms with van der Waals surface area (Å²) in [6.07, 6.45) is 0. The van der Waals surface area contributed by atoms with E-state index in [0.29, 0.717) is 0 Å². The van der Waals surface area contributed by atoms with Gasteiger partial charge in [0.2, 0.25) is 0 Å². The molecule has 0 amide bonds. The maximum absolute atomic E-state index is 6.37. The van der Waals surface area contributed by atoms with Crippen molar-refractivity contribution in [2.45, 2.75) is 26.2 Å². The van der Waals surface area contributed by atoms with Crippen LogP contribution in [0.4, 0.5) is 0 Å². The fourth-order valence-electron chi connectivity index (χ4n) is 7.09. The summed E-state index contributed by atoms with van der Waals surface area (Å²) in [5.74, 6) is 0. The van der Waals surface area contributed by atoms with E-state index in [-0.39, 0.29) is 5.41 Å². The van der Waals surface area contributed by atoms with Crippen molar-refractivity contribution < 1.29 is 4.42 Å². The molecule has 2 heteroatoms. The first kappa shape index (κ1) is 27.1. The molecule has 1 aliphatic rings. The van der Waals surface area contributed by atoms with E-state index >= 15 is 0 Å². The summed E-state index contributed by atoms with van der Waals surface area (Å²) in [6.45, 7) is 11.1. The maximum atomic E-state index is 6.37. The Morgan fingerprint density at radius 1 is 0.622 bits per heavy atom. The smallest absolute Gasteiger partial charge is 0.136 e. The lowest BCUT2D eigenvalue weighted by molar-refractivity contribution is 0.660. The fraction of sp³-hybridized carbons (Fsp3) is 0.0930. The molecule has 1 aromatic heterocycles. The number of aliphatic imine (C=N–C) groups is 1. The number of hydrogen-bond donors (Lipinski definition) is 0. The average molecular weight is 580 g/mol. The molecule has 8 rings (SSSR count). The van der Waals surface area contributed by atoms with Gasteiger partial charge < -0.3 is 4.42 Å². The Labute approximate surface area is 264 Å². The molecular formula is C43H33NO. The largest absolute Gasteiger partial charge is 0.456 e. The summed E-state index contributed by atoms with van der Waals surface area (Å²) >= 11 is 0. The summed E-state index contributed by atoms with van der Waals surface area (Å²) in [5, 5.41) is 2.12. The number of hydrogen-bond acceptors (Lipinski definition) is 2. The van der Waals surface area contributed by atoms with Crippen LogP contribution >= 0.6 is 0 Å². The van der Waals surface area contributed by atoms with E-state index in [4.69, 9.17) is 9.41 Å². The molecule has 0 N–H and O–H groups in total. The van der Waals surface area contributed by atoms with Crippen molar-refractivity contribution >= 4 is 33.3 Å². The van der Waals surface area contributed by atoms with E-state index in [1.807, 2.05) is 25.1 Å². The molecule has 0 saturated heterocycles. The zero-order chi connectivity index (χ0) is 30.7. The molecule has 0 atom stereocenters. The van der Waals surface area contributed by atoms with E-state index in [9.17, 15) is 0 Å². The molecule has 0 saturated carbocycles. The molecule has 0 radical (unpaired) electrons. The Balaban J connectivity index is 1.21. The Bertz CT molecular complexity index is 2300. The molecule has 0 bridgehead atoms. The van der Waals surface area contributed by atoms with Crippen molar-refractivity contribution in [2.24, 2.45) is 4.99 Å². The van der Waals surface area contributed by atoms with Crippen molar-refractivity contribution in [3.63, 3.8) is 0 Å². The predicted octanol–water partition coefficient (Wildman–Crippen LogP) is 11.7. The standard InChI is InChI=1S/C43H33NO/c1-27(29-20-22-31(23-21-29)30-12-6-5-7-13-30)44-28(2)33-15-11-19-40-42(33)36-26-32(24-25-39(36)45-40)34-16-10-18-38-41(34)35-14-8-9-17-37(35)43(38,3)4/h5-26H,2H2,1,3-4H3. The van der Waals surface area contributed by atoms with Crippen LogP contribution in [0.2, 0.25) is 0 Å². The summed E-state index contributed by atoms with van der Waals surface area (Å²) in [5.41, 5.74) is 15.5. The first-order valence-electron chi connectivity index (χ1n) is 15.5. The van der Waals surface area contributed by atoms with Gasteiger partial charge in [-0.05, 0) is 75.2 Å². The molecule has 7 aromatic rings. The quantitative estimate of drug-likeness (QED) is 0.186. The van der Waals surface area contributed by atoms with Crippen LogP contribution < -0.4 is 0 Å². The average Bonchev–Trinajstić information content (AvgIpc) is 3.57. The minimum absolute atomic E-state index is 0.0446. The summed E-state index contributed by atoms with van der Waals surface area (Å²) in [7, 11) is 0. The van der Waals surface area contributed by atoms with Crippen LogP contribution in [0, 0.1) is 0 Å². The van der Waals surface area contributed by atoms with E-state index in [2.05, 4.69) is 136 Å². The Morgan fingerprint density at radius 2 is 1.29 bits per heavy atom. The van der Waals surface area contributed by atoms with Crippen LogP contribution in [-0.4, -0.2) is 5.71 Å². The van der Waals surface area contributed by atoms with Gasteiger partial charge in [0.25, 0.3) is 0 Å². The highest BCUT2D eigenvalue weighted by molar-refractivity contribution is 6.12. The Hall–Kier alpha value is -5.47. The third-order valence-electron chi connectivity index (χ3n) is 9.44. The first-order valence-corrected chi connectivity index (χ1v) is 15.5. The molecule has 0 aliphatic heterocycles. The van der Waals surface area contributed by atoms with E-state index in [1.165, 1.54) is 44.5 Å². The lowest BCUT2D eigenvalue weighted by Gasteiger charge is -2.21. The molecule has 0 unspecified atom stereocenters. The van der Waals surface area contributed by atoms with Crippen molar-refractivity contribution in [1.82, 2.24) is 0 Å². The van der Waals surface area contributed by atoms with Gasteiger partial charge in [0.05, 0.1) is 5.70 Å². The predicted molar refractivity (Wildman–Crippen MR) is 190 cm³/mol. The summed E-state index contributed by atoms with van der Waals surface area (Å²) in [4.78, 5) is 5.01. The van der Waals surface area contributed by atoms with Gasteiger partial charge in [0.1, 0.15) is 11.2 Å². The minimum atomic E-state index is -0.0446. The lowest BCUT2D eigenvalue weighted by Crippen LogP contribution is -2.14. The zero-order valence-corrected chi connectivity index (χ0v) is 25.8. The van der Waals surface area contributed by atoms with Gasteiger partial charge in [0, 0.05) is 27.5 Å². The highest BCUT2D eigenvalue weighted by Gasteiger charge is 2.36. The van der Waals surface area contributed by atoms with Crippen molar-refractivity contribution in [3.05, 3.63) is 162 Å². The highest BCUT2D eigenvalue weighted by atomic mass is 16.3. The topological polar surface area (TPSA) is 25.5 Å². The van der Waals surface area contributed by atoms with Crippen LogP contribution in [0.15, 0.2) is 149 Å². The van der Waals surface area contributed by atoms with E-state index in [1.54, 1.807) is 0 Å². The third-order valence-corrected chi connectivity index (χ3v) is 9.44. The van der Waals surface area contributed by atoms with Gasteiger partial charge in [-0.3, -0.25) is 4.99 Å². The zero-order valence-electron chi connectivity index (χ0n) is 25.8. The Kier molecular flexibility index (Phi) is 6.21. The maximum Gasteiger partial charge on any atom is 0.136 e. The van der Waals surface area contributed by atoms with Crippen LogP contribution in [0.3, 0.4) is 0 Å². The van der Waals surface area contributed by atoms with Gasteiger partial charge in [-0.1, -0.05) is 136 Å². The number of rotatable bonds is 5. The van der Waals surface area contributed by atoms with Gasteiger partial charge >= 0.3 is 0 Å². The molecule has 0 spiro atoms. The first-order chi connectivity index (χ1) is 21.9. The third kappa shape index (κ3) is 4.37. The molecule has 2 nitrogen and oxygen atoms in total. The Morgan fingerprint density at radius 3 is 2.11 bits per heavy atom. The highest BCUT2D eigenvalue weighted by Crippen LogP contribution is 2.52. The number of nitrogens with zero attached hydrogens (tertiary/aromatic N) is 1. The lowest BCUT2D eigenvalue weighted by atomic mass is 9.82. The van der Waals surface area contributed by atoms with Crippen molar-refractivity contribution in [3.8, 4) is 33.4 Å². The van der Waals surface area contributed by atoms with Gasteiger partial charge in [-0.25, -0.2) is 0 Å². The van der Waals surface area contributed by atoms with Gasteiger partial charge in [0.15, 0.2) is 0 Å². The van der Waals surface area contributed by atoms with E-state index < -0.39 is 0 Å².